The third-order valence-corrected chi connectivity index (χ3v) is 4.55. The van der Waals surface area contributed by atoms with Crippen molar-refractivity contribution in [1.29, 1.82) is 0 Å². The molecule has 0 aliphatic heterocycles. The van der Waals surface area contributed by atoms with Crippen LogP contribution in [-0.4, -0.2) is 38.7 Å². The fourth-order valence-corrected chi connectivity index (χ4v) is 3.10. The maximum Gasteiger partial charge on any atom is 0.329 e. The second kappa shape index (κ2) is 6.32. The van der Waals surface area contributed by atoms with Gasteiger partial charge in [0.1, 0.15) is 12.1 Å². The summed E-state index contributed by atoms with van der Waals surface area (Å²) < 4.78 is 1.51. The Kier molecular flexibility index (Phi) is 4.23. The van der Waals surface area contributed by atoms with Gasteiger partial charge in [-0.05, 0) is 31.0 Å². The van der Waals surface area contributed by atoms with Crippen molar-refractivity contribution < 1.29 is 9.90 Å². The summed E-state index contributed by atoms with van der Waals surface area (Å²) in [4.78, 5) is 18.7. The first-order valence-electron chi connectivity index (χ1n) is 7.96. The average molecular weight is 314 g/mol. The molecule has 6 nitrogen and oxygen atoms in total. The van der Waals surface area contributed by atoms with Crippen LogP contribution in [0, 0.1) is 0 Å². The number of nitrogen functional groups attached to an aromatic ring is 1. The quantitative estimate of drug-likeness (QED) is 0.659. The number of nitrogens with zero attached hydrogens (tertiary/aromatic N) is 3. The zero-order chi connectivity index (χ0) is 16.4. The molecule has 3 rings (SSSR count). The lowest BCUT2D eigenvalue weighted by Gasteiger charge is -2.31. The van der Waals surface area contributed by atoms with Gasteiger partial charge >= 0.3 is 6.03 Å². The zero-order valence-electron chi connectivity index (χ0n) is 13.3. The molecule has 0 spiro atoms. The Hall–Kier alpha value is -2.50. The number of anilines is 1. The number of phenolic OH excluding ortho intramolecular Hbond substituents is 1. The van der Waals surface area contributed by atoms with Crippen LogP contribution in [0.1, 0.15) is 32.1 Å². The number of phenols is 1. The lowest BCUT2D eigenvalue weighted by Crippen LogP contribution is -2.40. The van der Waals surface area contributed by atoms with E-state index in [0.717, 1.165) is 18.4 Å². The summed E-state index contributed by atoms with van der Waals surface area (Å²) in [7, 11) is 1.86. The minimum absolute atomic E-state index is 0.0429. The van der Waals surface area contributed by atoms with Crippen LogP contribution in [0.2, 0.25) is 0 Å². The molecule has 1 saturated carbocycles. The average Bonchev–Trinajstić information content (AvgIpc) is 3.07. The minimum Gasteiger partial charge on any atom is -0.506 e. The molecule has 2 aromatic rings. The minimum atomic E-state index is -0.0672. The fourth-order valence-electron chi connectivity index (χ4n) is 3.10. The van der Waals surface area contributed by atoms with Crippen LogP contribution < -0.4 is 5.73 Å². The Morgan fingerprint density at radius 3 is 2.78 bits per heavy atom. The summed E-state index contributed by atoms with van der Waals surface area (Å²) in [6, 6.07) is 5.15. The highest BCUT2D eigenvalue weighted by Gasteiger charge is 2.23. The van der Waals surface area contributed by atoms with Gasteiger partial charge in [-0.2, -0.15) is 0 Å². The Labute approximate surface area is 135 Å². The summed E-state index contributed by atoms with van der Waals surface area (Å²) >= 11 is 0. The molecule has 3 N–H and O–H groups in total. The summed E-state index contributed by atoms with van der Waals surface area (Å²) in [5.41, 5.74) is 7.43. The molecule has 0 bridgehead atoms. The first kappa shape index (κ1) is 15.4. The molecule has 0 radical (unpaired) electrons. The van der Waals surface area contributed by atoms with Crippen molar-refractivity contribution in [1.82, 2.24) is 14.5 Å². The Bertz CT molecular complexity index is 704. The van der Waals surface area contributed by atoms with Gasteiger partial charge in [0.05, 0.1) is 11.4 Å². The van der Waals surface area contributed by atoms with E-state index in [9.17, 15) is 9.90 Å². The van der Waals surface area contributed by atoms with Crippen molar-refractivity contribution in [2.45, 2.75) is 38.1 Å². The number of carbonyl (C=O) groups is 1. The normalized spacial score (nSPS) is 15.5. The third-order valence-electron chi connectivity index (χ3n) is 4.55. The largest absolute Gasteiger partial charge is 0.506 e. The van der Waals surface area contributed by atoms with Crippen molar-refractivity contribution in [3.63, 3.8) is 0 Å². The van der Waals surface area contributed by atoms with Crippen molar-refractivity contribution in [2.75, 3.05) is 12.8 Å². The van der Waals surface area contributed by atoms with E-state index in [1.807, 2.05) is 11.9 Å². The first-order valence-corrected chi connectivity index (χ1v) is 7.96. The van der Waals surface area contributed by atoms with E-state index in [2.05, 4.69) is 4.98 Å². The standard InChI is InChI=1S/C17H22N4O2/c1-20(13-5-3-2-4-6-13)17(23)21-10-15(19-11-21)12-7-8-16(22)14(18)9-12/h7-11,13,22H,2-6,18H2,1H3. The van der Waals surface area contributed by atoms with Crippen LogP contribution in [0.15, 0.2) is 30.7 Å². The van der Waals surface area contributed by atoms with Crippen LogP contribution in [0.3, 0.4) is 0 Å². The van der Waals surface area contributed by atoms with Crippen LogP contribution in [-0.2, 0) is 0 Å². The lowest BCUT2D eigenvalue weighted by atomic mass is 9.95. The number of benzene rings is 1. The van der Waals surface area contributed by atoms with Crippen LogP contribution in [0.5, 0.6) is 5.75 Å². The van der Waals surface area contributed by atoms with E-state index in [-0.39, 0.29) is 11.8 Å². The molecule has 122 valence electrons. The Morgan fingerprint density at radius 2 is 2.09 bits per heavy atom. The molecule has 0 saturated heterocycles. The topological polar surface area (TPSA) is 84.4 Å². The number of nitrogens with two attached hydrogens (primary N) is 1. The number of rotatable bonds is 2. The number of hydrogen-bond acceptors (Lipinski definition) is 4. The number of aromatic hydroxyl groups is 1. The first-order chi connectivity index (χ1) is 11.1. The maximum absolute atomic E-state index is 12.6. The molecule has 23 heavy (non-hydrogen) atoms. The zero-order valence-corrected chi connectivity index (χ0v) is 13.3. The van der Waals surface area contributed by atoms with Gasteiger partial charge in [-0.1, -0.05) is 19.3 Å². The Morgan fingerprint density at radius 1 is 1.35 bits per heavy atom. The Balaban J connectivity index is 1.77. The monoisotopic (exact) mass is 314 g/mol. The SMILES string of the molecule is CN(C(=O)n1cnc(-c2ccc(O)c(N)c2)c1)C1CCCCC1. The van der Waals surface area contributed by atoms with Gasteiger partial charge in [0, 0.05) is 24.8 Å². The number of carbonyl (C=O) groups excluding carboxylic acids is 1. The predicted molar refractivity (Wildman–Crippen MR) is 89.2 cm³/mol. The highest BCUT2D eigenvalue weighted by atomic mass is 16.3. The van der Waals surface area contributed by atoms with Crippen LogP contribution >= 0.6 is 0 Å². The lowest BCUT2D eigenvalue weighted by molar-refractivity contribution is 0.175. The second-order valence-corrected chi connectivity index (χ2v) is 6.13. The molecule has 0 atom stereocenters. The molecule has 1 aliphatic rings. The second-order valence-electron chi connectivity index (χ2n) is 6.13. The van der Waals surface area contributed by atoms with Crippen molar-refractivity contribution >= 4 is 11.7 Å². The molecule has 1 amide bonds. The highest BCUT2D eigenvalue weighted by molar-refractivity contribution is 5.78. The molecule has 0 unspecified atom stereocenters. The molecule has 1 aromatic heterocycles. The smallest absolute Gasteiger partial charge is 0.329 e. The van der Waals surface area contributed by atoms with Gasteiger partial charge in [0.2, 0.25) is 0 Å². The van der Waals surface area contributed by atoms with Crippen LogP contribution in [0.4, 0.5) is 10.5 Å². The van der Waals surface area contributed by atoms with Gasteiger partial charge in [-0.25, -0.2) is 9.78 Å². The molecule has 6 heteroatoms. The van der Waals surface area contributed by atoms with E-state index >= 15 is 0 Å². The molecule has 1 fully saturated rings. The molecule has 1 aromatic carbocycles. The summed E-state index contributed by atoms with van der Waals surface area (Å²) in [5.74, 6) is 0.0429. The third kappa shape index (κ3) is 3.16. The number of hydrogen-bond donors (Lipinski definition) is 2. The molecule has 1 heterocycles. The van der Waals surface area contributed by atoms with Gasteiger partial charge in [-0.3, -0.25) is 4.57 Å². The van der Waals surface area contributed by atoms with Gasteiger partial charge < -0.3 is 15.7 Å². The number of amides is 1. The van der Waals surface area contributed by atoms with Gasteiger partial charge in [0.25, 0.3) is 0 Å². The van der Waals surface area contributed by atoms with E-state index in [1.165, 1.54) is 36.2 Å². The summed E-state index contributed by atoms with van der Waals surface area (Å²) in [6.07, 6.45) is 8.99. The molecule has 1 aliphatic carbocycles. The van der Waals surface area contributed by atoms with E-state index in [4.69, 9.17) is 5.73 Å². The van der Waals surface area contributed by atoms with Crippen molar-refractivity contribution in [3.05, 3.63) is 30.7 Å². The molecular formula is C17H22N4O2. The van der Waals surface area contributed by atoms with Crippen LogP contribution in [0.25, 0.3) is 11.3 Å². The fraction of sp³-hybridized carbons (Fsp3) is 0.412. The van der Waals surface area contributed by atoms with E-state index < -0.39 is 0 Å². The van der Waals surface area contributed by atoms with E-state index in [0.29, 0.717) is 17.4 Å². The predicted octanol–water partition coefficient (Wildman–Crippen LogP) is 3.07. The van der Waals surface area contributed by atoms with Gasteiger partial charge in [0.15, 0.2) is 0 Å². The summed E-state index contributed by atoms with van der Waals surface area (Å²) in [6.45, 7) is 0. The number of imidazole rings is 1. The summed E-state index contributed by atoms with van der Waals surface area (Å²) in [5, 5.41) is 9.49. The highest BCUT2D eigenvalue weighted by Crippen LogP contribution is 2.27. The number of aromatic nitrogens is 2. The van der Waals surface area contributed by atoms with Gasteiger partial charge in [-0.15, -0.1) is 0 Å². The van der Waals surface area contributed by atoms with E-state index in [1.54, 1.807) is 18.3 Å². The van der Waals surface area contributed by atoms with Crippen molar-refractivity contribution in [3.8, 4) is 17.0 Å². The molecular weight excluding hydrogens is 292 g/mol. The maximum atomic E-state index is 12.6. The van der Waals surface area contributed by atoms with Crippen molar-refractivity contribution in [2.24, 2.45) is 0 Å².